The maximum absolute atomic E-state index is 12.1. The molecule has 0 heterocycles. The number of halogens is 1. The standard InChI is InChI=1S/C14H21ClN2O2/c1-9(2)6-10(8-16)14(18)17-13-7-11(19-3)4-5-12(13)15/h4-5,7,9-10H,6,8,16H2,1-3H3,(H,17,18). The number of amides is 1. The van der Waals surface area contributed by atoms with E-state index in [0.29, 0.717) is 28.9 Å². The molecule has 0 aliphatic rings. The Bertz CT molecular complexity index is 435. The smallest absolute Gasteiger partial charge is 0.228 e. The summed E-state index contributed by atoms with van der Waals surface area (Å²) in [7, 11) is 1.57. The summed E-state index contributed by atoms with van der Waals surface area (Å²) in [6, 6.07) is 5.13. The van der Waals surface area contributed by atoms with Crippen LogP contribution in [0.3, 0.4) is 0 Å². The second-order valence-corrected chi connectivity index (χ2v) is 5.30. The molecule has 1 aromatic carbocycles. The summed E-state index contributed by atoms with van der Waals surface area (Å²) < 4.78 is 5.11. The van der Waals surface area contributed by atoms with E-state index in [2.05, 4.69) is 19.2 Å². The number of benzene rings is 1. The quantitative estimate of drug-likeness (QED) is 0.844. The van der Waals surface area contributed by atoms with Gasteiger partial charge in [0.05, 0.1) is 23.7 Å². The SMILES string of the molecule is COc1ccc(Cl)c(NC(=O)C(CN)CC(C)C)c1. The number of carbonyl (C=O) groups is 1. The highest BCUT2D eigenvalue weighted by molar-refractivity contribution is 6.33. The van der Waals surface area contributed by atoms with Crippen molar-refractivity contribution in [2.24, 2.45) is 17.6 Å². The third kappa shape index (κ3) is 4.73. The van der Waals surface area contributed by atoms with Crippen LogP contribution in [0.2, 0.25) is 5.02 Å². The zero-order chi connectivity index (χ0) is 14.4. The topological polar surface area (TPSA) is 64.3 Å². The van der Waals surface area contributed by atoms with E-state index in [1.807, 2.05) is 0 Å². The van der Waals surface area contributed by atoms with Crippen molar-refractivity contribution in [3.8, 4) is 5.75 Å². The Morgan fingerprint density at radius 1 is 1.47 bits per heavy atom. The van der Waals surface area contributed by atoms with Crippen molar-refractivity contribution in [3.05, 3.63) is 23.2 Å². The van der Waals surface area contributed by atoms with E-state index in [-0.39, 0.29) is 11.8 Å². The molecule has 3 N–H and O–H groups in total. The fourth-order valence-corrected chi connectivity index (χ4v) is 2.01. The van der Waals surface area contributed by atoms with Gasteiger partial charge in [-0.25, -0.2) is 0 Å². The van der Waals surface area contributed by atoms with Gasteiger partial charge in [-0.05, 0) is 24.5 Å². The summed E-state index contributed by atoms with van der Waals surface area (Å²) in [4.78, 5) is 12.1. The van der Waals surface area contributed by atoms with E-state index in [1.54, 1.807) is 25.3 Å². The highest BCUT2D eigenvalue weighted by Gasteiger charge is 2.19. The normalized spacial score (nSPS) is 12.3. The third-order valence-corrected chi connectivity index (χ3v) is 3.17. The highest BCUT2D eigenvalue weighted by atomic mass is 35.5. The molecule has 0 bridgehead atoms. The first-order valence-corrected chi connectivity index (χ1v) is 6.70. The second-order valence-electron chi connectivity index (χ2n) is 4.90. The van der Waals surface area contributed by atoms with Crippen LogP contribution in [-0.4, -0.2) is 19.6 Å². The number of hydrogen-bond donors (Lipinski definition) is 2. The molecule has 0 aliphatic heterocycles. The van der Waals surface area contributed by atoms with E-state index >= 15 is 0 Å². The van der Waals surface area contributed by atoms with Crippen LogP contribution in [-0.2, 0) is 4.79 Å². The Hall–Kier alpha value is -1.26. The molecule has 0 saturated carbocycles. The van der Waals surface area contributed by atoms with Crippen molar-refractivity contribution in [1.29, 1.82) is 0 Å². The molecule has 0 fully saturated rings. The molecule has 1 rings (SSSR count). The lowest BCUT2D eigenvalue weighted by Crippen LogP contribution is -2.30. The van der Waals surface area contributed by atoms with Crippen molar-refractivity contribution in [3.63, 3.8) is 0 Å². The van der Waals surface area contributed by atoms with Gasteiger partial charge >= 0.3 is 0 Å². The molecule has 0 aromatic heterocycles. The fourth-order valence-electron chi connectivity index (χ4n) is 1.84. The van der Waals surface area contributed by atoms with E-state index < -0.39 is 0 Å². The monoisotopic (exact) mass is 284 g/mol. The first kappa shape index (κ1) is 15.8. The number of nitrogens with two attached hydrogens (primary N) is 1. The molecule has 0 radical (unpaired) electrons. The van der Waals surface area contributed by atoms with Crippen molar-refractivity contribution in [2.75, 3.05) is 19.0 Å². The van der Waals surface area contributed by atoms with Gasteiger partial charge in [0.1, 0.15) is 5.75 Å². The number of carbonyl (C=O) groups excluding carboxylic acids is 1. The van der Waals surface area contributed by atoms with Gasteiger partial charge in [-0.1, -0.05) is 25.4 Å². The predicted molar refractivity (Wildman–Crippen MR) is 78.6 cm³/mol. The van der Waals surface area contributed by atoms with Crippen LogP contribution in [0.5, 0.6) is 5.75 Å². The van der Waals surface area contributed by atoms with Crippen LogP contribution in [0.25, 0.3) is 0 Å². The van der Waals surface area contributed by atoms with E-state index in [4.69, 9.17) is 22.1 Å². The van der Waals surface area contributed by atoms with E-state index in [9.17, 15) is 4.79 Å². The largest absolute Gasteiger partial charge is 0.497 e. The van der Waals surface area contributed by atoms with Crippen LogP contribution in [0.4, 0.5) is 5.69 Å². The fraction of sp³-hybridized carbons (Fsp3) is 0.500. The third-order valence-electron chi connectivity index (χ3n) is 2.84. The number of methoxy groups -OCH3 is 1. The maximum atomic E-state index is 12.1. The molecule has 1 unspecified atom stereocenters. The van der Waals surface area contributed by atoms with Crippen molar-refractivity contribution < 1.29 is 9.53 Å². The van der Waals surface area contributed by atoms with Crippen LogP contribution in [0, 0.1) is 11.8 Å². The average Bonchev–Trinajstić information content (AvgIpc) is 2.38. The lowest BCUT2D eigenvalue weighted by atomic mass is 9.96. The Morgan fingerprint density at radius 3 is 2.68 bits per heavy atom. The van der Waals surface area contributed by atoms with Crippen molar-refractivity contribution in [2.45, 2.75) is 20.3 Å². The molecule has 0 aliphatic carbocycles. The zero-order valence-electron chi connectivity index (χ0n) is 11.6. The van der Waals surface area contributed by atoms with Crippen molar-refractivity contribution in [1.82, 2.24) is 0 Å². The Kier molecular flexibility index (Phi) is 6.12. The van der Waals surface area contributed by atoms with Gasteiger partial charge in [-0.2, -0.15) is 0 Å². The summed E-state index contributed by atoms with van der Waals surface area (Å²) in [5.74, 6) is 0.751. The number of ether oxygens (including phenoxy) is 1. The molecule has 4 nitrogen and oxygen atoms in total. The molecule has 5 heteroatoms. The molecule has 1 aromatic rings. The number of anilines is 1. The van der Waals surface area contributed by atoms with Crippen LogP contribution < -0.4 is 15.8 Å². The molecule has 1 atom stereocenters. The zero-order valence-corrected chi connectivity index (χ0v) is 12.3. The van der Waals surface area contributed by atoms with Gasteiger partial charge in [0.25, 0.3) is 0 Å². The minimum Gasteiger partial charge on any atom is -0.497 e. The van der Waals surface area contributed by atoms with Crippen LogP contribution >= 0.6 is 11.6 Å². The molecule has 1 amide bonds. The first-order valence-electron chi connectivity index (χ1n) is 6.32. The lowest BCUT2D eigenvalue weighted by molar-refractivity contribution is -0.120. The van der Waals surface area contributed by atoms with Gasteiger partial charge in [0, 0.05) is 12.6 Å². The Balaban J connectivity index is 2.80. The van der Waals surface area contributed by atoms with E-state index in [0.717, 1.165) is 6.42 Å². The van der Waals surface area contributed by atoms with Crippen LogP contribution in [0.15, 0.2) is 18.2 Å². The van der Waals surface area contributed by atoms with Crippen LogP contribution in [0.1, 0.15) is 20.3 Å². The number of rotatable bonds is 6. The highest BCUT2D eigenvalue weighted by Crippen LogP contribution is 2.27. The minimum absolute atomic E-state index is 0.105. The predicted octanol–water partition coefficient (Wildman–Crippen LogP) is 2.91. The molecule has 0 spiro atoms. The van der Waals surface area contributed by atoms with Gasteiger partial charge < -0.3 is 15.8 Å². The molecular weight excluding hydrogens is 264 g/mol. The van der Waals surface area contributed by atoms with E-state index in [1.165, 1.54) is 0 Å². The number of hydrogen-bond acceptors (Lipinski definition) is 3. The van der Waals surface area contributed by atoms with Gasteiger partial charge in [0.2, 0.25) is 5.91 Å². The molecule has 19 heavy (non-hydrogen) atoms. The maximum Gasteiger partial charge on any atom is 0.228 e. The van der Waals surface area contributed by atoms with Gasteiger partial charge in [0.15, 0.2) is 0 Å². The van der Waals surface area contributed by atoms with Gasteiger partial charge in [-0.3, -0.25) is 4.79 Å². The summed E-state index contributed by atoms with van der Waals surface area (Å²) in [6.45, 7) is 4.45. The van der Waals surface area contributed by atoms with Crippen molar-refractivity contribution >= 4 is 23.2 Å². The summed E-state index contributed by atoms with van der Waals surface area (Å²) in [5.41, 5.74) is 6.20. The minimum atomic E-state index is -0.206. The average molecular weight is 285 g/mol. The Morgan fingerprint density at radius 2 is 2.16 bits per heavy atom. The molecule has 0 saturated heterocycles. The first-order chi connectivity index (χ1) is 8.97. The second kappa shape index (κ2) is 7.36. The van der Waals surface area contributed by atoms with Gasteiger partial charge in [-0.15, -0.1) is 0 Å². The summed E-state index contributed by atoms with van der Waals surface area (Å²) in [6.07, 6.45) is 0.754. The summed E-state index contributed by atoms with van der Waals surface area (Å²) in [5, 5.41) is 3.29. The summed E-state index contributed by atoms with van der Waals surface area (Å²) >= 11 is 6.05. The lowest BCUT2D eigenvalue weighted by Gasteiger charge is -2.17. The molecule has 106 valence electrons. The number of nitrogens with one attached hydrogen (secondary N) is 1. The Labute approximate surface area is 119 Å². The molecular formula is C14H21ClN2O2.